The summed E-state index contributed by atoms with van der Waals surface area (Å²) in [5, 5.41) is 10.8. The lowest BCUT2D eigenvalue weighted by molar-refractivity contribution is 0.707. The molecule has 0 amide bonds. The van der Waals surface area contributed by atoms with Crippen molar-refractivity contribution in [3.63, 3.8) is 0 Å². The number of aromatic nitrogens is 2. The second-order valence-corrected chi connectivity index (χ2v) is 5.49. The van der Waals surface area contributed by atoms with Gasteiger partial charge in [-0.2, -0.15) is 5.10 Å². The number of hydrogen-bond donors (Lipinski definition) is 2. The van der Waals surface area contributed by atoms with Gasteiger partial charge in [-0.1, -0.05) is 31.2 Å². The van der Waals surface area contributed by atoms with Crippen molar-refractivity contribution >= 4 is 5.96 Å². The number of aryl methyl sites for hydroxylation is 2. The molecular weight excluding hydrogens is 286 g/mol. The Bertz CT molecular complexity index is 613. The molecule has 0 atom stereocenters. The fourth-order valence-electron chi connectivity index (χ4n) is 2.33. The van der Waals surface area contributed by atoms with Crippen LogP contribution in [0.4, 0.5) is 0 Å². The highest BCUT2D eigenvalue weighted by atomic mass is 15.3. The first kappa shape index (κ1) is 17.1. The maximum atomic E-state index is 4.61. The number of nitrogens with one attached hydrogen (secondary N) is 2. The molecule has 0 aliphatic carbocycles. The van der Waals surface area contributed by atoms with Crippen LogP contribution in [0.15, 0.2) is 41.5 Å². The number of aliphatic imine (C=N–C) groups is 1. The lowest BCUT2D eigenvalue weighted by atomic mass is 10.1. The molecule has 23 heavy (non-hydrogen) atoms. The molecule has 0 aliphatic heterocycles. The van der Waals surface area contributed by atoms with E-state index in [1.807, 2.05) is 17.8 Å². The summed E-state index contributed by atoms with van der Waals surface area (Å²) >= 11 is 0. The van der Waals surface area contributed by atoms with Crippen LogP contribution >= 0.6 is 0 Å². The van der Waals surface area contributed by atoms with E-state index in [1.165, 1.54) is 11.1 Å². The Kier molecular flexibility index (Phi) is 6.66. The zero-order valence-corrected chi connectivity index (χ0v) is 14.3. The molecule has 5 heteroatoms. The third-order valence-electron chi connectivity index (χ3n) is 3.80. The van der Waals surface area contributed by atoms with E-state index in [9.17, 15) is 0 Å². The number of guanidine groups is 1. The summed E-state index contributed by atoms with van der Waals surface area (Å²) in [6.45, 7) is 6.59. The maximum Gasteiger partial charge on any atom is 0.191 e. The van der Waals surface area contributed by atoms with Crippen molar-refractivity contribution in [1.29, 1.82) is 0 Å². The summed E-state index contributed by atoms with van der Waals surface area (Å²) in [4.78, 5) is 4.61. The quantitative estimate of drug-likeness (QED) is 0.609. The van der Waals surface area contributed by atoms with Gasteiger partial charge < -0.3 is 10.6 Å². The number of rotatable bonds is 7. The van der Waals surface area contributed by atoms with E-state index in [0.29, 0.717) is 6.54 Å². The lowest BCUT2D eigenvalue weighted by Crippen LogP contribution is -2.38. The standard InChI is InChI=1S/C18H27N5/c1-4-15-6-8-16(9-7-15)10-12-20-18(19-5-2)21-14-17-11-13-22-23(17)3/h6-9,11,13H,4-5,10,12,14H2,1-3H3,(H2,19,20,21). The fourth-order valence-corrected chi connectivity index (χ4v) is 2.33. The van der Waals surface area contributed by atoms with Gasteiger partial charge in [0.2, 0.25) is 0 Å². The molecule has 0 bridgehead atoms. The fraction of sp³-hybridized carbons (Fsp3) is 0.444. The smallest absolute Gasteiger partial charge is 0.191 e. The Balaban J connectivity index is 1.85. The second-order valence-electron chi connectivity index (χ2n) is 5.49. The molecule has 2 aromatic rings. The van der Waals surface area contributed by atoms with Crippen LogP contribution in [-0.4, -0.2) is 28.8 Å². The van der Waals surface area contributed by atoms with E-state index >= 15 is 0 Å². The van der Waals surface area contributed by atoms with Crippen molar-refractivity contribution in [3.05, 3.63) is 53.3 Å². The zero-order chi connectivity index (χ0) is 16.5. The van der Waals surface area contributed by atoms with Crippen LogP contribution in [0.2, 0.25) is 0 Å². The van der Waals surface area contributed by atoms with Gasteiger partial charge in [-0.3, -0.25) is 4.68 Å². The van der Waals surface area contributed by atoms with Crippen molar-refractivity contribution in [2.24, 2.45) is 12.0 Å². The Morgan fingerprint density at radius 3 is 2.43 bits per heavy atom. The highest BCUT2D eigenvalue weighted by Gasteiger charge is 2.00. The second kappa shape index (κ2) is 8.98. The van der Waals surface area contributed by atoms with Gasteiger partial charge in [0.05, 0.1) is 12.2 Å². The third-order valence-corrected chi connectivity index (χ3v) is 3.80. The molecule has 1 aromatic heterocycles. The highest BCUT2D eigenvalue weighted by Crippen LogP contribution is 2.05. The predicted octanol–water partition coefficient (Wildman–Crippen LogP) is 2.28. The van der Waals surface area contributed by atoms with Gasteiger partial charge in [-0.05, 0) is 37.0 Å². The van der Waals surface area contributed by atoms with E-state index in [4.69, 9.17) is 0 Å². The van der Waals surface area contributed by atoms with Gasteiger partial charge in [-0.25, -0.2) is 4.99 Å². The minimum atomic E-state index is 0.622. The van der Waals surface area contributed by atoms with Gasteiger partial charge >= 0.3 is 0 Å². The largest absolute Gasteiger partial charge is 0.357 e. The summed E-state index contributed by atoms with van der Waals surface area (Å²) in [5.74, 6) is 0.846. The Hall–Kier alpha value is -2.30. The minimum Gasteiger partial charge on any atom is -0.357 e. The molecule has 0 aliphatic rings. The summed E-state index contributed by atoms with van der Waals surface area (Å²) in [5.41, 5.74) is 3.82. The summed E-state index contributed by atoms with van der Waals surface area (Å²) in [6.07, 6.45) is 3.87. The molecule has 124 valence electrons. The summed E-state index contributed by atoms with van der Waals surface area (Å²) < 4.78 is 1.85. The normalized spacial score (nSPS) is 11.5. The molecule has 0 radical (unpaired) electrons. The molecule has 2 rings (SSSR count). The maximum absolute atomic E-state index is 4.61. The molecular formula is C18H27N5. The molecule has 0 fully saturated rings. The monoisotopic (exact) mass is 313 g/mol. The van der Waals surface area contributed by atoms with Crippen LogP contribution in [0.5, 0.6) is 0 Å². The number of nitrogens with zero attached hydrogens (tertiary/aromatic N) is 3. The van der Waals surface area contributed by atoms with Crippen LogP contribution in [0.25, 0.3) is 0 Å². The van der Waals surface area contributed by atoms with E-state index < -0.39 is 0 Å². The Morgan fingerprint density at radius 2 is 1.83 bits per heavy atom. The molecule has 2 N–H and O–H groups in total. The lowest BCUT2D eigenvalue weighted by Gasteiger charge is -2.11. The average molecular weight is 313 g/mol. The zero-order valence-electron chi connectivity index (χ0n) is 14.3. The van der Waals surface area contributed by atoms with E-state index in [1.54, 1.807) is 6.20 Å². The molecule has 1 aromatic carbocycles. The van der Waals surface area contributed by atoms with Crippen LogP contribution in [0.3, 0.4) is 0 Å². The van der Waals surface area contributed by atoms with Crippen molar-refractivity contribution in [1.82, 2.24) is 20.4 Å². The van der Waals surface area contributed by atoms with Crippen LogP contribution < -0.4 is 10.6 Å². The molecule has 0 spiro atoms. The van der Waals surface area contributed by atoms with Gasteiger partial charge in [0.1, 0.15) is 0 Å². The Labute approximate surface area is 138 Å². The average Bonchev–Trinajstić information content (AvgIpc) is 2.98. The summed E-state index contributed by atoms with van der Waals surface area (Å²) in [7, 11) is 1.94. The number of hydrogen-bond acceptors (Lipinski definition) is 2. The van der Waals surface area contributed by atoms with Crippen molar-refractivity contribution < 1.29 is 0 Å². The van der Waals surface area contributed by atoms with Crippen LogP contribution in [0.1, 0.15) is 30.7 Å². The topological polar surface area (TPSA) is 54.2 Å². The van der Waals surface area contributed by atoms with E-state index in [0.717, 1.165) is 37.6 Å². The molecule has 0 unspecified atom stereocenters. The van der Waals surface area contributed by atoms with Gasteiger partial charge in [-0.15, -0.1) is 0 Å². The van der Waals surface area contributed by atoms with E-state index in [2.05, 4.69) is 58.8 Å². The Morgan fingerprint density at radius 1 is 1.09 bits per heavy atom. The first-order chi connectivity index (χ1) is 11.2. The first-order valence-corrected chi connectivity index (χ1v) is 8.29. The molecule has 1 heterocycles. The predicted molar refractivity (Wildman–Crippen MR) is 95.6 cm³/mol. The summed E-state index contributed by atoms with van der Waals surface area (Å²) in [6, 6.07) is 10.8. The third kappa shape index (κ3) is 5.43. The molecule has 0 saturated heterocycles. The van der Waals surface area contributed by atoms with Gasteiger partial charge in [0.15, 0.2) is 5.96 Å². The minimum absolute atomic E-state index is 0.622. The van der Waals surface area contributed by atoms with Crippen LogP contribution in [0, 0.1) is 0 Å². The van der Waals surface area contributed by atoms with Crippen molar-refractivity contribution in [2.45, 2.75) is 33.2 Å². The van der Waals surface area contributed by atoms with E-state index in [-0.39, 0.29) is 0 Å². The molecule has 5 nitrogen and oxygen atoms in total. The van der Waals surface area contributed by atoms with Gasteiger partial charge in [0, 0.05) is 26.3 Å². The first-order valence-electron chi connectivity index (χ1n) is 8.29. The molecule has 0 saturated carbocycles. The highest BCUT2D eigenvalue weighted by molar-refractivity contribution is 5.79. The van der Waals surface area contributed by atoms with Crippen LogP contribution in [-0.2, 0) is 26.4 Å². The SMILES string of the molecule is CCNC(=NCc1ccnn1C)NCCc1ccc(CC)cc1. The van der Waals surface area contributed by atoms with Crippen molar-refractivity contribution in [3.8, 4) is 0 Å². The van der Waals surface area contributed by atoms with Crippen molar-refractivity contribution in [2.75, 3.05) is 13.1 Å². The number of benzene rings is 1. The van der Waals surface area contributed by atoms with Gasteiger partial charge in [0.25, 0.3) is 0 Å².